The first kappa shape index (κ1) is 28.2. The van der Waals surface area contributed by atoms with Crippen LogP contribution in [0.5, 0.6) is 23.0 Å². The van der Waals surface area contributed by atoms with Gasteiger partial charge in [-0.1, -0.05) is 25.0 Å². The van der Waals surface area contributed by atoms with E-state index >= 15 is 0 Å². The number of amides is 2. The molecule has 194 valence electrons. The number of ether oxygens (including phenoxy) is 4. The number of hydrogen-bond donors (Lipinski definition) is 2. The Balaban J connectivity index is 1.62. The number of carbonyl (C=O) groups is 2. The maximum Gasteiger partial charge on any atom is 0.240 e. The first-order chi connectivity index (χ1) is 17.5. The van der Waals surface area contributed by atoms with Gasteiger partial charge >= 0.3 is 0 Å². The second-order valence-electron chi connectivity index (χ2n) is 7.67. The summed E-state index contributed by atoms with van der Waals surface area (Å²) in [7, 11) is 6.21. The summed E-state index contributed by atoms with van der Waals surface area (Å²) in [6, 6.07) is 10.8. The van der Waals surface area contributed by atoms with E-state index in [1.54, 1.807) is 40.6 Å². The number of carbonyl (C=O) groups excluding carboxylic acids is 2. The Bertz CT molecular complexity index is 971. The third-order valence-electron chi connectivity index (χ3n) is 5.21. The number of hydrogen-bond acceptors (Lipinski definition) is 8. The van der Waals surface area contributed by atoms with Crippen LogP contribution in [-0.4, -0.2) is 52.7 Å². The predicted octanol–water partition coefficient (Wildman–Crippen LogP) is 3.66. The smallest absolute Gasteiger partial charge is 0.240 e. The van der Waals surface area contributed by atoms with Crippen molar-refractivity contribution in [2.45, 2.75) is 38.5 Å². The van der Waals surface area contributed by atoms with E-state index in [1.807, 2.05) is 24.3 Å². The highest BCUT2D eigenvalue weighted by molar-refractivity contribution is 5.87. The van der Waals surface area contributed by atoms with Crippen LogP contribution in [0.25, 0.3) is 0 Å². The van der Waals surface area contributed by atoms with Crippen LogP contribution in [0.2, 0.25) is 0 Å². The first-order valence-electron chi connectivity index (χ1n) is 11.6. The molecule has 0 saturated heterocycles. The van der Waals surface area contributed by atoms with Gasteiger partial charge in [-0.3, -0.25) is 9.59 Å². The quantitative estimate of drug-likeness (QED) is 0.220. The molecule has 0 aliphatic heterocycles. The van der Waals surface area contributed by atoms with Gasteiger partial charge in [0.25, 0.3) is 0 Å². The molecule has 0 fully saturated rings. The molecule has 2 amide bonds. The normalized spacial score (nSPS) is 10.9. The maximum absolute atomic E-state index is 12.0. The summed E-state index contributed by atoms with van der Waals surface area (Å²) < 4.78 is 21.1. The third-order valence-corrected chi connectivity index (χ3v) is 5.21. The van der Waals surface area contributed by atoms with Crippen LogP contribution in [0.1, 0.15) is 49.7 Å². The van der Waals surface area contributed by atoms with Crippen molar-refractivity contribution in [3.8, 4) is 23.0 Å². The molecule has 0 bridgehead atoms. The molecule has 2 N–H and O–H groups in total. The minimum absolute atomic E-state index is 0.173. The van der Waals surface area contributed by atoms with Crippen molar-refractivity contribution in [3.63, 3.8) is 0 Å². The Morgan fingerprint density at radius 2 is 1.08 bits per heavy atom. The number of nitrogens with one attached hydrogen (secondary N) is 2. The summed E-state index contributed by atoms with van der Waals surface area (Å²) >= 11 is 0. The fourth-order valence-corrected chi connectivity index (χ4v) is 3.41. The molecule has 0 aliphatic carbocycles. The molecular weight excluding hydrogens is 464 g/mol. The van der Waals surface area contributed by atoms with Gasteiger partial charge in [0.15, 0.2) is 23.0 Å². The summed E-state index contributed by atoms with van der Waals surface area (Å²) in [4.78, 5) is 24.0. The van der Waals surface area contributed by atoms with E-state index in [9.17, 15) is 9.59 Å². The second-order valence-corrected chi connectivity index (χ2v) is 7.67. The SMILES string of the molecule is COc1cccc(/C=N/NC(=O)CCCCCCC(=O)N/N=C/c2cccc(OC)c2OC)c1OC. The number of para-hydroxylation sites is 2. The zero-order chi connectivity index (χ0) is 26.2. The summed E-state index contributed by atoms with van der Waals surface area (Å²) in [5.41, 5.74) is 6.43. The fourth-order valence-electron chi connectivity index (χ4n) is 3.41. The van der Waals surface area contributed by atoms with Gasteiger partial charge in [0.05, 0.1) is 40.9 Å². The molecule has 0 heterocycles. The highest BCUT2D eigenvalue weighted by atomic mass is 16.5. The molecule has 10 nitrogen and oxygen atoms in total. The average Bonchev–Trinajstić information content (AvgIpc) is 2.90. The standard InChI is InChI=1S/C26H34N4O6/c1-33-21-13-9-11-19(25(21)35-3)17-27-29-23(31)15-7-5-6-8-16-24(32)30-28-18-20-12-10-14-22(34-2)26(20)36-4/h9-14,17-18H,5-8,15-16H2,1-4H3,(H,29,31)(H,30,32)/b27-17+,28-18+. The topological polar surface area (TPSA) is 120 Å². The van der Waals surface area contributed by atoms with Gasteiger partial charge in [0, 0.05) is 24.0 Å². The van der Waals surface area contributed by atoms with E-state index in [0.29, 0.717) is 59.8 Å². The Kier molecular flexibility index (Phi) is 12.3. The Morgan fingerprint density at radius 1 is 0.667 bits per heavy atom. The molecule has 0 atom stereocenters. The lowest BCUT2D eigenvalue weighted by atomic mass is 10.1. The Morgan fingerprint density at radius 3 is 1.44 bits per heavy atom. The van der Waals surface area contributed by atoms with Crippen LogP contribution in [0.4, 0.5) is 0 Å². The van der Waals surface area contributed by atoms with Crippen LogP contribution < -0.4 is 29.8 Å². The average molecular weight is 499 g/mol. The Labute approximate surface area is 211 Å². The van der Waals surface area contributed by atoms with E-state index in [0.717, 1.165) is 12.8 Å². The third kappa shape index (κ3) is 8.94. The molecule has 2 aromatic carbocycles. The van der Waals surface area contributed by atoms with Crippen molar-refractivity contribution in [3.05, 3.63) is 47.5 Å². The van der Waals surface area contributed by atoms with Crippen molar-refractivity contribution < 1.29 is 28.5 Å². The molecule has 2 rings (SSSR count). The zero-order valence-corrected chi connectivity index (χ0v) is 21.2. The minimum atomic E-state index is -0.173. The maximum atomic E-state index is 12.0. The molecule has 2 aromatic rings. The lowest BCUT2D eigenvalue weighted by Gasteiger charge is -2.09. The number of nitrogens with zero attached hydrogens (tertiary/aromatic N) is 2. The van der Waals surface area contributed by atoms with Gasteiger partial charge < -0.3 is 18.9 Å². The Hall–Kier alpha value is -4.08. The van der Waals surface area contributed by atoms with E-state index in [2.05, 4.69) is 21.1 Å². The fraction of sp³-hybridized carbons (Fsp3) is 0.385. The van der Waals surface area contributed by atoms with Gasteiger partial charge in [-0.05, 0) is 37.1 Å². The lowest BCUT2D eigenvalue weighted by molar-refractivity contribution is -0.122. The largest absolute Gasteiger partial charge is 0.493 e. The lowest BCUT2D eigenvalue weighted by Crippen LogP contribution is -2.17. The minimum Gasteiger partial charge on any atom is -0.493 e. The van der Waals surface area contributed by atoms with Crippen LogP contribution in [-0.2, 0) is 9.59 Å². The van der Waals surface area contributed by atoms with Crippen molar-refractivity contribution in [2.24, 2.45) is 10.2 Å². The highest BCUT2D eigenvalue weighted by Crippen LogP contribution is 2.30. The van der Waals surface area contributed by atoms with Gasteiger partial charge in [0.1, 0.15) is 0 Å². The van der Waals surface area contributed by atoms with E-state index in [1.165, 1.54) is 12.4 Å². The number of rotatable bonds is 15. The molecule has 0 saturated carbocycles. The van der Waals surface area contributed by atoms with Crippen LogP contribution in [0.3, 0.4) is 0 Å². The monoisotopic (exact) mass is 498 g/mol. The van der Waals surface area contributed by atoms with Gasteiger partial charge in [-0.2, -0.15) is 10.2 Å². The summed E-state index contributed by atoms with van der Waals surface area (Å²) in [6.45, 7) is 0. The summed E-state index contributed by atoms with van der Waals surface area (Å²) in [5, 5.41) is 7.99. The van der Waals surface area contributed by atoms with Crippen molar-refractivity contribution in [1.29, 1.82) is 0 Å². The van der Waals surface area contributed by atoms with Crippen molar-refractivity contribution in [1.82, 2.24) is 10.9 Å². The van der Waals surface area contributed by atoms with Gasteiger partial charge in [0.2, 0.25) is 11.8 Å². The molecular formula is C26H34N4O6. The molecule has 0 radical (unpaired) electrons. The van der Waals surface area contributed by atoms with E-state index in [-0.39, 0.29) is 11.8 Å². The predicted molar refractivity (Wildman–Crippen MR) is 138 cm³/mol. The van der Waals surface area contributed by atoms with Crippen LogP contribution in [0, 0.1) is 0 Å². The molecule has 0 spiro atoms. The van der Waals surface area contributed by atoms with Crippen LogP contribution >= 0.6 is 0 Å². The second kappa shape index (κ2) is 15.8. The molecule has 10 heteroatoms. The van der Waals surface area contributed by atoms with Gasteiger partial charge in [-0.25, -0.2) is 10.9 Å². The highest BCUT2D eigenvalue weighted by Gasteiger charge is 2.09. The van der Waals surface area contributed by atoms with Crippen molar-refractivity contribution in [2.75, 3.05) is 28.4 Å². The van der Waals surface area contributed by atoms with Gasteiger partial charge in [-0.15, -0.1) is 0 Å². The molecule has 0 unspecified atom stereocenters. The van der Waals surface area contributed by atoms with E-state index in [4.69, 9.17) is 18.9 Å². The van der Waals surface area contributed by atoms with E-state index < -0.39 is 0 Å². The summed E-state index contributed by atoms with van der Waals surface area (Å²) in [5.74, 6) is 1.93. The number of unbranched alkanes of at least 4 members (excludes halogenated alkanes) is 3. The molecule has 0 aromatic heterocycles. The number of hydrazone groups is 2. The molecule has 36 heavy (non-hydrogen) atoms. The number of methoxy groups -OCH3 is 4. The number of benzene rings is 2. The summed E-state index contributed by atoms with van der Waals surface area (Å²) in [6.07, 6.45) is 6.82. The molecule has 0 aliphatic rings. The first-order valence-corrected chi connectivity index (χ1v) is 11.6. The van der Waals surface area contributed by atoms with Crippen LogP contribution in [0.15, 0.2) is 46.6 Å². The van der Waals surface area contributed by atoms with Crippen molar-refractivity contribution >= 4 is 24.2 Å². The zero-order valence-electron chi connectivity index (χ0n) is 21.2.